The van der Waals surface area contributed by atoms with Crippen molar-refractivity contribution in [1.29, 1.82) is 0 Å². The maximum absolute atomic E-state index is 11.7. The van der Waals surface area contributed by atoms with E-state index >= 15 is 0 Å². The summed E-state index contributed by atoms with van der Waals surface area (Å²) >= 11 is 0. The quantitative estimate of drug-likeness (QED) is 0.752. The highest BCUT2D eigenvalue weighted by atomic mass is 32.2. The van der Waals surface area contributed by atoms with Gasteiger partial charge in [-0.1, -0.05) is 48.2 Å². The van der Waals surface area contributed by atoms with Crippen LogP contribution in [-0.4, -0.2) is 14.2 Å². The van der Waals surface area contributed by atoms with Crippen molar-refractivity contribution in [2.75, 3.05) is 5.75 Å². The van der Waals surface area contributed by atoms with E-state index in [0.717, 1.165) is 5.56 Å². The second-order valence-electron chi connectivity index (χ2n) is 4.02. The summed E-state index contributed by atoms with van der Waals surface area (Å²) < 4.78 is 23.4. The smallest absolute Gasteiger partial charge is 0.214 e. The molecule has 0 aliphatic carbocycles. The van der Waals surface area contributed by atoms with E-state index in [4.69, 9.17) is 0 Å². The van der Waals surface area contributed by atoms with Crippen molar-refractivity contribution < 1.29 is 8.42 Å². The Labute approximate surface area is 119 Å². The third-order valence-corrected chi connectivity index (χ3v) is 3.33. The van der Waals surface area contributed by atoms with Gasteiger partial charge in [0.05, 0.1) is 0 Å². The lowest BCUT2D eigenvalue weighted by Gasteiger charge is -1.89. The van der Waals surface area contributed by atoms with Crippen LogP contribution in [0, 0.1) is 23.0 Å². The molecule has 2 nitrogen and oxygen atoms in total. The first kappa shape index (κ1) is 13.9. The molecule has 2 rings (SSSR count). The number of benzene rings is 2. The molecule has 0 amide bonds. The first-order valence-electron chi connectivity index (χ1n) is 6.00. The van der Waals surface area contributed by atoms with E-state index in [2.05, 4.69) is 23.0 Å². The van der Waals surface area contributed by atoms with Gasteiger partial charge in [0.1, 0.15) is 5.75 Å². The summed E-state index contributed by atoms with van der Waals surface area (Å²) in [6.07, 6.45) is 0. The third kappa shape index (κ3) is 4.65. The SMILES string of the molecule is O=S(=O)(C#Cc1ccccc1)CC#Cc1ccccc1. The average molecular weight is 280 g/mol. The summed E-state index contributed by atoms with van der Waals surface area (Å²) in [5.41, 5.74) is 1.46. The lowest BCUT2D eigenvalue weighted by molar-refractivity contribution is 0.609. The molecular formula is C17H12O2S. The van der Waals surface area contributed by atoms with Crippen LogP contribution in [0.5, 0.6) is 0 Å². The first-order chi connectivity index (χ1) is 9.66. The van der Waals surface area contributed by atoms with Crippen LogP contribution in [-0.2, 0) is 9.84 Å². The van der Waals surface area contributed by atoms with Crippen molar-refractivity contribution in [3.8, 4) is 23.0 Å². The summed E-state index contributed by atoms with van der Waals surface area (Å²) in [4.78, 5) is 0. The molecule has 0 saturated carbocycles. The molecule has 20 heavy (non-hydrogen) atoms. The molecule has 0 N–H and O–H groups in total. The van der Waals surface area contributed by atoms with Gasteiger partial charge in [-0.2, -0.15) is 0 Å². The van der Waals surface area contributed by atoms with Gasteiger partial charge in [0.25, 0.3) is 0 Å². The number of hydrogen-bond donors (Lipinski definition) is 0. The molecule has 2 aromatic carbocycles. The van der Waals surface area contributed by atoms with Crippen molar-refractivity contribution in [1.82, 2.24) is 0 Å². The molecule has 0 radical (unpaired) electrons. The van der Waals surface area contributed by atoms with E-state index in [1.807, 2.05) is 48.5 Å². The van der Waals surface area contributed by atoms with Crippen LogP contribution < -0.4 is 0 Å². The summed E-state index contributed by atoms with van der Waals surface area (Å²) in [5.74, 6) is 7.81. The van der Waals surface area contributed by atoms with Gasteiger partial charge in [-0.15, -0.1) is 0 Å². The van der Waals surface area contributed by atoms with Crippen molar-refractivity contribution in [2.45, 2.75) is 0 Å². The summed E-state index contributed by atoms with van der Waals surface area (Å²) in [6.45, 7) is 0. The highest BCUT2D eigenvalue weighted by Gasteiger charge is 2.02. The molecule has 0 heterocycles. The molecule has 0 unspecified atom stereocenters. The van der Waals surface area contributed by atoms with Crippen LogP contribution in [0.4, 0.5) is 0 Å². The molecule has 0 saturated heterocycles. The topological polar surface area (TPSA) is 34.1 Å². The normalized spacial score (nSPS) is 9.80. The molecule has 2 aromatic rings. The summed E-state index contributed by atoms with van der Waals surface area (Å²) in [7, 11) is -3.48. The van der Waals surface area contributed by atoms with Gasteiger partial charge in [-0.05, 0) is 30.2 Å². The predicted molar refractivity (Wildman–Crippen MR) is 80.4 cm³/mol. The van der Waals surface area contributed by atoms with E-state index in [-0.39, 0.29) is 5.75 Å². The van der Waals surface area contributed by atoms with Gasteiger partial charge < -0.3 is 0 Å². The maximum atomic E-state index is 11.7. The first-order valence-corrected chi connectivity index (χ1v) is 7.65. The molecular weight excluding hydrogens is 268 g/mol. The Morgan fingerprint density at radius 1 is 0.750 bits per heavy atom. The van der Waals surface area contributed by atoms with Crippen molar-refractivity contribution >= 4 is 9.84 Å². The van der Waals surface area contributed by atoms with E-state index in [0.29, 0.717) is 5.56 Å². The molecule has 0 aromatic heterocycles. The van der Waals surface area contributed by atoms with Crippen LogP contribution in [0.25, 0.3) is 0 Å². The number of sulfone groups is 1. The largest absolute Gasteiger partial charge is 0.228 e. The second-order valence-corrected chi connectivity index (χ2v) is 5.74. The van der Waals surface area contributed by atoms with Crippen LogP contribution in [0.2, 0.25) is 0 Å². The van der Waals surface area contributed by atoms with Gasteiger partial charge in [-0.3, -0.25) is 0 Å². The van der Waals surface area contributed by atoms with E-state index in [9.17, 15) is 8.42 Å². The minimum Gasteiger partial charge on any atom is -0.214 e. The average Bonchev–Trinajstić information content (AvgIpc) is 2.47. The summed E-state index contributed by atoms with van der Waals surface area (Å²) in [6, 6.07) is 18.2. The van der Waals surface area contributed by atoms with Crippen molar-refractivity contribution in [3.63, 3.8) is 0 Å². The van der Waals surface area contributed by atoms with E-state index in [1.165, 1.54) is 0 Å². The minimum absolute atomic E-state index is 0.262. The van der Waals surface area contributed by atoms with Crippen LogP contribution in [0.1, 0.15) is 11.1 Å². The van der Waals surface area contributed by atoms with Gasteiger partial charge >= 0.3 is 0 Å². The molecule has 98 valence electrons. The Morgan fingerprint density at radius 2 is 1.25 bits per heavy atom. The molecule has 3 heteroatoms. The van der Waals surface area contributed by atoms with E-state index in [1.54, 1.807) is 12.1 Å². The lowest BCUT2D eigenvalue weighted by atomic mass is 10.2. The number of hydrogen-bond acceptors (Lipinski definition) is 2. The second kappa shape index (κ2) is 6.61. The minimum atomic E-state index is -3.48. The fourth-order valence-corrected chi connectivity index (χ4v) is 2.06. The Kier molecular flexibility index (Phi) is 4.60. The Hall–Kier alpha value is -2.49. The highest BCUT2D eigenvalue weighted by Crippen LogP contribution is 1.97. The van der Waals surface area contributed by atoms with Gasteiger partial charge in [0, 0.05) is 16.4 Å². The molecule has 0 bridgehead atoms. The van der Waals surface area contributed by atoms with Crippen LogP contribution in [0.15, 0.2) is 60.7 Å². The Morgan fingerprint density at radius 3 is 1.80 bits per heavy atom. The van der Waals surface area contributed by atoms with Crippen molar-refractivity contribution in [2.24, 2.45) is 0 Å². The van der Waals surface area contributed by atoms with E-state index < -0.39 is 9.84 Å². The fraction of sp³-hybridized carbons (Fsp3) is 0.0588. The molecule has 0 spiro atoms. The molecule has 0 atom stereocenters. The highest BCUT2D eigenvalue weighted by molar-refractivity contribution is 7.96. The predicted octanol–water partition coefficient (Wildman–Crippen LogP) is 2.46. The zero-order chi connectivity index (χ0) is 14.3. The third-order valence-electron chi connectivity index (χ3n) is 2.39. The summed E-state index contributed by atoms with van der Waals surface area (Å²) in [5, 5.41) is 2.28. The van der Waals surface area contributed by atoms with Gasteiger partial charge in [0.15, 0.2) is 0 Å². The molecule has 0 aliphatic heterocycles. The zero-order valence-electron chi connectivity index (χ0n) is 10.7. The molecule has 0 aliphatic rings. The molecule has 0 fully saturated rings. The maximum Gasteiger partial charge on any atom is 0.228 e. The zero-order valence-corrected chi connectivity index (χ0v) is 11.5. The number of rotatable bonds is 1. The fourth-order valence-electron chi connectivity index (χ4n) is 1.45. The van der Waals surface area contributed by atoms with Gasteiger partial charge in [-0.25, -0.2) is 8.42 Å². The van der Waals surface area contributed by atoms with Crippen LogP contribution >= 0.6 is 0 Å². The Bertz CT molecular complexity index is 784. The lowest BCUT2D eigenvalue weighted by Crippen LogP contribution is -2.00. The monoisotopic (exact) mass is 280 g/mol. The van der Waals surface area contributed by atoms with Gasteiger partial charge in [0.2, 0.25) is 9.84 Å². The standard InChI is InChI=1S/C17H12O2S/c18-20(19,15-13-17-10-5-2-6-11-17)14-7-12-16-8-3-1-4-9-16/h1-6,8-11H,14H2. The van der Waals surface area contributed by atoms with Crippen molar-refractivity contribution in [3.05, 3.63) is 71.8 Å². The Balaban J connectivity index is 2.06. The van der Waals surface area contributed by atoms with Crippen LogP contribution in [0.3, 0.4) is 0 Å².